The van der Waals surface area contributed by atoms with Gasteiger partial charge in [0.1, 0.15) is 12.8 Å². The van der Waals surface area contributed by atoms with Crippen LogP contribution in [-0.4, -0.2) is 9.97 Å². The Morgan fingerprint density at radius 3 is 2.79 bits per heavy atom. The normalized spacial score (nSPS) is 9.71. The van der Waals surface area contributed by atoms with Gasteiger partial charge in [0.05, 0.1) is 12.4 Å². The van der Waals surface area contributed by atoms with Crippen LogP contribution in [0, 0.1) is 6.20 Å². The summed E-state index contributed by atoms with van der Waals surface area (Å²) in [5.41, 5.74) is 1.11. The molecule has 1 radical (unpaired) electrons. The largest absolute Gasteiger partial charge is 0.472 e. The number of hydrogen-bond acceptors (Lipinski definition) is 3. The van der Waals surface area contributed by atoms with Gasteiger partial charge in [0.15, 0.2) is 0 Å². The third kappa shape index (κ3) is 2.29. The van der Waals surface area contributed by atoms with E-state index in [0.29, 0.717) is 12.5 Å². The highest BCUT2D eigenvalue weighted by Gasteiger charge is 1.94. The summed E-state index contributed by atoms with van der Waals surface area (Å²) in [6, 6.07) is 9.92. The highest BCUT2D eigenvalue weighted by atomic mass is 16.5. The van der Waals surface area contributed by atoms with E-state index >= 15 is 0 Å². The fraction of sp³-hybridized carbons (Fsp3) is 0.0909. The van der Waals surface area contributed by atoms with Crippen LogP contribution in [0.1, 0.15) is 5.56 Å². The second-order valence-electron chi connectivity index (χ2n) is 2.76. The van der Waals surface area contributed by atoms with Crippen molar-refractivity contribution in [1.82, 2.24) is 9.97 Å². The second kappa shape index (κ2) is 4.37. The number of rotatable bonds is 3. The standard InChI is InChI=1S/C11H9N2O/c1-2-4-10(5-3-1)9-14-11-8-12-6-7-13-11/h1-6,8H,9H2. The van der Waals surface area contributed by atoms with Crippen molar-refractivity contribution in [3.63, 3.8) is 0 Å². The lowest BCUT2D eigenvalue weighted by Crippen LogP contribution is -1.96. The Morgan fingerprint density at radius 1 is 1.21 bits per heavy atom. The molecule has 0 fully saturated rings. The molecule has 0 spiro atoms. The SMILES string of the molecule is [c]1cncc(OCc2ccccc2)n1. The molecule has 0 saturated carbocycles. The van der Waals surface area contributed by atoms with Crippen LogP contribution in [0.25, 0.3) is 0 Å². The molecule has 2 aromatic rings. The molecule has 0 amide bonds. The van der Waals surface area contributed by atoms with Crippen molar-refractivity contribution in [2.75, 3.05) is 0 Å². The van der Waals surface area contributed by atoms with E-state index in [0.717, 1.165) is 5.56 Å². The summed E-state index contributed by atoms with van der Waals surface area (Å²) < 4.78 is 5.39. The lowest BCUT2D eigenvalue weighted by atomic mass is 10.2. The first-order valence-corrected chi connectivity index (χ1v) is 4.30. The zero-order valence-electron chi connectivity index (χ0n) is 7.55. The Bertz CT molecular complexity index is 336. The van der Waals surface area contributed by atoms with Gasteiger partial charge in [-0.2, -0.15) is 0 Å². The van der Waals surface area contributed by atoms with Crippen LogP contribution in [0.4, 0.5) is 0 Å². The Morgan fingerprint density at radius 2 is 2.07 bits per heavy atom. The van der Waals surface area contributed by atoms with Gasteiger partial charge >= 0.3 is 0 Å². The van der Waals surface area contributed by atoms with Crippen molar-refractivity contribution in [2.45, 2.75) is 6.61 Å². The van der Waals surface area contributed by atoms with Crippen molar-refractivity contribution >= 4 is 0 Å². The van der Waals surface area contributed by atoms with Gasteiger partial charge in [-0.15, -0.1) is 0 Å². The first-order valence-electron chi connectivity index (χ1n) is 4.30. The molecule has 0 saturated heterocycles. The quantitative estimate of drug-likeness (QED) is 0.732. The monoisotopic (exact) mass is 185 g/mol. The lowest BCUT2D eigenvalue weighted by Gasteiger charge is -2.03. The van der Waals surface area contributed by atoms with E-state index in [1.807, 2.05) is 30.3 Å². The lowest BCUT2D eigenvalue weighted by molar-refractivity contribution is 0.292. The molecule has 14 heavy (non-hydrogen) atoms. The third-order valence-corrected chi connectivity index (χ3v) is 1.72. The number of ether oxygens (including phenoxy) is 1. The predicted octanol–water partition coefficient (Wildman–Crippen LogP) is 1.86. The van der Waals surface area contributed by atoms with Gasteiger partial charge in [-0.05, 0) is 5.56 Å². The Hall–Kier alpha value is -1.90. The minimum atomic E-state index is 0.497. The van der Waals surface area contributed by atoms with E-state index in [-0.39, 0.29) is 0 Å². The maximum atomic E-state index is 5.39. The smallest absolute Gasteiger partial charge is 0.233 e. The Kier molecular flexibility index (Phi) is 2.71. The molecule has 0 aliphatic carbocycles. The van der Waals surface area contributed by atoms with Crippen LogP contribution in [0.15, 0.2) is 42.7 Å². The van der Waals surface area contributed by atoms with Crippen molar-refractivity contribution in [3.05, 3.63) is 54.5 Å². The molecule has 0 unspecified atom stereocenters. The molecule has 0 atom stereocenters. The Labute approximate surface area is 82.4 Å². The zero-order chi connectivity index (χ0) is 9.64. The van der Waals surface area contributed by atoms with Crippen LogP contribution >= 0.6 is 0 Å². The maximum absolute atomic E-state index is 5.39. The molecule has 3 heteroatoms. The molecule has 1 heterocycles. The highest BCUT2D eigenvalue weighted by Crippen LogP contribution is 2.05. The summed E-state index contributed by atoms with van der Waals surface area (Å²) >= 11 is 0. The Balaban J connectivity index is 1.96. The van der Waals surface area contributed by atoms with E-state index in [1.165, 1.54) is 6.20 Å². The highest BCUT2D eigenvalue weighted by molar-refractivity contribution is 5.14. The van der Waals surface area contributed by atoms with Crippen LogP contribution in [0.2, 0.25) is 0 Å². The molecule has 0 N–H and O–H groups in total. The van der Waals surface area contributed by atoms with E-state index in [2.05, 4.69) is 16.2 Å². The number of nitrogens with zero attached hydrogens (tertiary/aromatic N) is 2. The summed E-state index contributed by atoms with van der Waals surface area (Å²) in [6.07, 6.45) is 5.68. The van der Waals surface area contributed by atoms with Crippen molar-refractivity contribution in [3.8, 4) is 5.88 Å². The zero-order valence-corrected chi connectivity index (χ0v) is 7.55. The first-order chi connectivity index (χ1) is 6.95. The van der Waals surface area contributed by atoms with Gasteiger partial charge < -0.3 is 4.74 Å². The van der Waals surface area contributed by atoms with E-state index in [1.54, 1.807) is 6.20 Å². The molecular weight excluding hydrogens is 176 g/mol. The summed E-state index contributed by atoms with van der Waals surface area (Å²) in [5, 5.41) is 0. The minimum absolute atomic E-state index is 0.497. The van der Waals surface area contributed by atoms with E-state index in [4.69, 9.17) is 4.74 Å². The van der Waals surface area contributed by atoms with Crippen LogP contribution in [0.5, 0.6) is 5.88 Å². The molecule has 2 rings (SSSR count). The molecule has 3 nitrogen and oxygen atoms in total. The molecule has 69 valence electrons. The summed E-state index contributed by atoms with van der Waals surface area (Å²) in [4.78, 5) is 7.74. The van der Waals surface area contributed by atoms with Gasteiger partial charge in [0.25, 0.3) is 0 Å². The van der Waals surface area contributed by atoms with Gasteiger partial charge in [-0.25, -0.2) is 4.98 Å². The number of benzene rings is 1. The number of hydrogen-bond donors (Lipinski definition) is 0. The van der Waals surface area contributed by atoms with Crippen LogP contribution in [-0.2, 0) is 6.61 Å². The fourth-order valence-corrected chi connectivity index (χ4v) is 1.06. The van der Waals surface area contributed by atoms with Gasteiger partial charge in [0, 0.05) is 0 Å². The molecule has 1 aromatic carbocycles. The predicted molar refractivity (Wildman–Crippen MR) is 51.6 cm³/mol. The van der Waals surface area contributed by atoms with Crippen molar-refractivity contribution in [2.24, 2.45) is 0 Å². The third-order valence-electron chi connectivity index (χ3n) is 1.72. The van der Waals surface area contributed by atoms with Crippen molar-refractivity contribution in [1.29, 1.82) is 0 Å². The molecule has 0 bridgehead atoms. The van der Waals surface area contributed by atoms with Crippen LogP contribution < -0.4 is 4.74 Å². The van der Waals surface area contributed by atoms with Gasteiger partial charge in [-0.3, -0.25) is 4.98 Å². The molecule has 0 aliphatic heterocycles. The van der Waals surface area contributed by atoms with Gasteiger partial charge in [0.2, 0.25) is 5.88 Å². The number of aromatic nitrogens is 2. The average Bonchev–Trinajstić information content (AvgIpc) is 2.29. The topological polar surface area (TPSA) is 35.0 Å². The van der Waals surface area contributed by atoms with Crippen molar-refractivity contribution < 1.29 is 4.74 Å². The maximum Gasteiger partial charge on any atom is 0.233 e. The molecule has 0 aliphatic rings. The summed E-state index contributed by atoms with van der Waals surface area (Å²) in [5.74, 6) is 0.497. The fourth-order valence-electron chi connectivity index (χ4n) is 1.06. The van der Waals surface area contributed by atoms with Gasteiger partial charge in [-0.1, -0.05) is 30.3 Å². The molecular formula is C11H9N2O. The summed E-state index contributed by atoms with van der Waals surface area (Å²) in [7, 11) is 0. The average molecular weight is 185 g/mol. The second-order valence-corrected chi connectivity index (χ2v) is 2.76. The van der Waals surface area contributed by atoms with E-state index in [9.17, 15) is 0 Å². The van der Waals surface area contributed by atoms with Crippen LogP contribution in [0.3, 0.4) is 0 Å². The minimum Gasteiger partial charge on any atom is -0.472 e. The van der Waals surface area contributed by atoms with E-state index < -0.39 is 0 Å². The summed E-state index contributed by atoms with van der Waals surface area (Å²) in [6.45, 7) is 0.507. The molecule has 1 aromatic heterocycles. The first kappa shape index (κ1) is 8.69.